The zero-order valence-electron chi connectivity index (χ0n) is 13.8. The normalized spacial score (nSPS) is 10.7. The quantitative estimate of drug-likeness (QED) is 0.520. The van der Waals surface area contributed by atoms with Crippen molar-refractivity contribution in [2.24, 2.45) is 0 Å². The topological polar surface area (TPSA) is 86.0 Å². The van der Waals surface area contributed by atoms with Crippen molar-refractivity contribution in [1.82, 2.24) is 0 Å². The highest BCUT2D eigenvalue weighted by Crippen LogP contribution is 2.31. The summed E-state index contributed by atoms with van der Waals surface area (Å²) in [6, 6.07) is 11.0. The third-order valence-corrected chi connectivity index (χ3v) is 4.02. The molecule has 0 spiro atoms. The Bertz CT molecular complexity index is 1020. The van der Waals surface area contributed by atoms with Gasteiger partial charge in [0.15, 0.2) is 0 Å². The third kappa shape index (κ3) is 3.81. The minimum Gasteiger partial charge on any atom is -0.489 e. The van der Waals surface area contributed by atoms with Crippen molar-refractivity contribution in [2.45, 2.75) is 6.92 Å². The van der Waals surface area contributed by atoms with E-state index in [9.17, 15) is 9.59 Å². The molecule has 3 aromatic rings. The van der Waals surface area contributed by atoms with Crippen LogP contribution in [0.25, 0.3) is 11.0 Å². The Labute approximate surface area is 153 Å². The van der Waals surface area contributed by atoms with Crippen molar-refractivity contribution < 1.29 is 23.8 Å². The summed E-state index contributed by atoms with van der Waals surface area (Å²) in [5, 5.41) is 10.2. The van der Waals surface area contributed by atoms with Gasteiger partial charge in [0.1, 0.15) is 35.9 Å². The fraction of sp³-hybridized carbons (Fsp3) is 0.158. The van der Waals surface area contributed by atoms with E-state index in [4.69, 9.17) is 30.6 Å². The summed E-state index contributed by atoms with van der Waals surface area (Å²) in [5.41, 5.74) is 0.773. The summed E-state index contributed by atoms with van der Waals surface area (Å²) < 4.78 is 16.2. The van der Waals surface area contributed by atoms with Crippen LogP contribution in [0.2, 0.25) is 5.02 Å². The number of carbonyl (C=O) groups is 1. The van der Waals surface area contributed by atoms with Crippen molar-refractivity contribution in [2.75, 3.05) is 13.2 Å². The highest BCUT2D eigenvalue weighted by molar-refractivity contribution is 6.32. The fourth-order valence-corrected chi connectivity index (χ4v) is 2.72. The van der Waals surface area contributed by atoms with Crippen LogP contribution in [-0.2, 0) is 0 Å². The van der Waals surface area contributed by atoms with Crippen LogP contribution in [0.15, 0.2) is 51.7 Å². The highest BCUT2D eigenvalue weighted by atomic mass is 35.5. The van der Waals surface area contributed by atoms with Crippen molar-refractivity contribution in [3.05, 3.63) is 69.0 Å². The molecule has 0 aliphatic rings. The lowest BCUT2D eigenvalue weighted by molar-refractivity contribution is 0.0691. The first-order chi connectivity index (χ1) is 12.5. The van der Waals surface area contributed by atoms with Crippen molar-refractivity contribution in [3.8, 4) is 11.5 Å². The highest BCUT2D eigenvalue weighted by Gasteiger charge is 2.11. The summed E-state index contributed by atoms with van der Waals surface area (Å²) in [5.74, 6) is -0.456. The van der Waals surface area contributed by atoms with E-state index in [1.165, 1.54) is 12.1 Å². The zero-order valence-corrected chi connectivity index (χ0v) is 14.6. The third-order valence-electron chi connectivity index (χ3n) is 3.72. The Hall–Kier alpha value is -2.99. The Balaban J connectivity index is 1.70. The maximum absolute atomic E-state index is 11.5. The van der Waals surface area contributed by atoms with E-state index in [0.717, 1.165) is 10.9 Å². The summed E-state index contributed by atoms with van der Waals surface area (Å²) in [6.45, 7) is 2.05. The summed E-state index contributed by atoms with van der Waals surface area (Å²) in [4.78, 5) is 22.6. The molecule has 0 amide bonds. The lowest BCUT2D eigenvalue weighted by Crippen LogP contribution is -2.11. The average molecular weight is 375 g/mol. The van der Waals surface area contributed by atoms with Crippen LogP contribution < -0.4 is 15.1 Å². The number of aromatic carboxylic acids is 1. The first kappa shape index (κ1) is 17.8. The zero-order chi connectivity index (χ0) is 18.7. The molecule has 134 valence electrons. The van der Waals surface area contributed by atoms with E-state index in [2.05, 4.69) is 0 Å². The second kappa shape index (κ2) is 7.49. The first-order valence-electron chi connectivity index (χ1n) is 7.77. The Morgan fingerprint density at radius 3 is 2.54 bits per heavy atom. The molecule has 0 bridgehead atoms. The number of benzene rings is 2. The molecule has 1 heterocycles. The van der Waals surface area contributed by atoms with E-state index >= 15 is 0 Å². The number of carboxylic acids is 1. The second-order valence-electron chi connectivity index (χ2n) is 5.53. The number of hydrogen-bond acceptors (Lipinski definition) is 5. The van der Waals surface area contributed by atoms with Crippen LogP contribution in [0.5, 0.6) is 11.5 Å². The van der Waals surface area contributed by atoms with Crippen molar-refractivity contribution in [3.63, 3.8) is 0 Å². The van der Waals surface area contributed by atoms with Gasteiger partial charge in [-0.05, 0) is 30.7 Å². The van der Waals surface area contributed by atoms with Gasteiger partial charge < -0.3 is 19.0 Å². The molecule has 0 aliphatic carbocycles. The van der Waals surface area contributed by atoms with E-state index in [1.54, 1.807) is 37.3 Å². The summed E-state index contributed by atoms with van der Waals surface area (Å²) in [7, 11) is 0. The van der Waals surface area contributed by atoms with Gasteiger partial charge in [0, 0.05) is 17.5 Å². The predicted molar refractivity (Wildman–Crippen MR) is 96.6 cm³/mol. The minimum atomic E-state index is -1.07. The standard InChI is InChI=1S/C19H15ClO6/c1-11-8-18(21)26-16-10-17(14(20)9-13(11)16)25-7-6-24-15-5-3-2-4-12(15)19(22)23/h2-5,8-10H,6-7H2,1H3,(H,22,23). The van der Waals surface area contributed by atoms with Gasteiger partial charge in [-0.25, -0.2) is 9.59 Å². The fourth-order valence-electron chi connectivity index (χ4n) is 2.50. The SMILES string of the molecule is Cc1cc(=O)oc2cc(OCCOc3ccccc3C(=O)O)c(Cl)cc12. The summed E-state index contributed by atoms with van der Waals surface area (Å²) >= 11 is 6.21. The van der Waals surface area contributed by atoms with Crippen molar-refractivity contribution in [1.29, 1.82) is 0 Å². The molecule has 0 aliphatic heterocycles. The first-order valence-corrected chi connectivity index (χ1v) is 8.15. The Kier molecular flexibility index (Phi) is 5.14. The Morgan fingerprint density at radius 1 is 1.12 bits per heavy atom. The van der Waals surface area contributed by atoms with Crippen LogP contribution in [0.1, 0.15) is 15.9 Å². The molecule has 0 unspecified atom stereocenters. The van der Waals surface area contributed by atoms with Crippen molar-refractivity contribution >= 4 is 28.5 Å². The second-order valence-corrected chi connectivity index (χ2v) is 5.93. The van der Waals surface area contributed by atoms with Gasteiger partial charge in [0.25, 0.3) is 0 Å². The van der Waals surface area contributed by atoms with Crippen LogP contribution in [0, 0.1) is 6.92 Å². The molecule has 0 fully saturated rings. The van der Waals surface area contributed by atoms with Gasteiger partial charge in [0.05, 0.1) is 5.02 Å². The van der Waals surface area contributed by atoms with Crippen LogP contribution >= 0.6 is 11.6 Å². The van der Waals surface area contributed by atoms with E-state index in [0.29, 0.717) is 16.4 Å². The maximum Gasteiger partial charge on any atom is 0.339 e. The van der Waals surface area contributed by atoms with E-state index < -0.39 is 11.6 Å². The summed E-state index contributed by atoms with van der Waals surface area (Å²) in [6.07, 6.45) is 0. The molecule has 0 saturated carbocycles. The smallest absolute Gasteiger partial charge is 0.339 e. The molecule has 0 radical (unpaired) electrons. The number of aryl methyl sites for hydroxylation is 1. The number of carboxylic acid groups (broad SMARTS) is 1. The van der Waals surface area contributed by atoms with Gasteiger partial charge >= 0.3 is 11.6 Å². The van der Waals surface area contributed by atoms with E-state index in [1.807, 2.05) is 0 Å². The van der Waals surface area contributed by atoms with Gasteiger partial charge in [-0.2, -0.15) is 0 Å². The lowest BCUT2D eigenvalue weighted by Gasteiger charge is -2.12. The average Bonchev–Trinajstić information content (AvgIpc) is 2.60. The van der Waals surface area contributed by atoms with Crippen LogP contribution in [0.3, 0.4) is 0 Å². The van der Waals surface area contributed by atoms with Crippen LogP contribution in [0.4, 0.5) is 0 Å². The van der Waals surface area contributed by atoms with Crippen LogP contribution in [-0.4, -0.2) is 24.3 Å². The molecule has 6 nitrogen and oxygen atoms in total. The molecule has 2 aromatic carbocycles. The van der Waals surface area contributed by atoms with Gasteiger partial charge in [0.2, 0.25) is 0 Å². The largest absolute Gasteiger partial charge is 0.489 e. The predicted octanol–water partition coefficient (Wildman–Crippen LogP) is 3.91. The number of fused-ring (bicyclic) bond motifs is 1. The molecule has 0 atom stereocenters. The minimum absolute atomic E-state index is 0.0773. The molecular weight excluding hydrogens is 360 g/mol. The number of rotatable bonds is 6. The molecule has 1 aromatic heterocycles. The maximum atomic E-state index is 11.5. The molecule has 1 N–H and O–H groups in total. The lowest BCUT2D eigenvalue weighted by atomic mass is 10.1. The molecule has 3 rings (SSSR count). The van der Waals surface area contributed by atoms with Gasteiger partial charge in [-0.3, -0.25) is 0 Å². The van der Waals surface area contributed by atoms with Gasteiger partial charge in [-0.1, -0.05) is 23.7 Å². The monoisotopic (exact) mass is 374 g/mol. The number of hydrogen-bond donors (Lipinski definition) is 1. The van der Waals surface area contributed by atoms with Gasteiger partial charge in [-0.15, -0.1) is 0 Å². The molecular formula is C19H15ClO6. The molecule has 0 saturated heterocycles. The Morgan fingerprint density at radius 2 is 1.81 bits per heavy atom. The number of para-hydroxylation sites is 1. The molecule has 7 heteroatoms. The molecule has 26 heavy (non-hydrogen) atoms. The number of halogens is 1. The number of ether oxygens (including phenoxy) is 2. The van der Waals surface area contributed by atoms with E-state index in [-0.39, 0.29) is 24.5 Å².